The van der Waals surface area contributed by atoms with Gasteiger partial charge in [0.15, 0.2) is 11.7 Å². The quantitative estimate of drug-likeness (QED) is 0.496. The molecule has 0 spiro atoms. The van der Waals surface area contributed by atoms with Crippen LogP contribution < -0.4 is 16.0 Å². The first kappa shape index (κ1) is 20.0. The van der Waals surface area contributed by atoms with Crippen LogP contribution in [0.25, 0.3) is 0 Å². The molecule has 3 rings (SSSR count). The van der Waals surface area contributed by atoms with Crippen molar-refractivity contribution < 1.29 is 9.21 Å². The molecule has 150 valence electrons. The summed E-state index contributed by atoms with van der Waals surface area (Å²) in [6.07, 6.45) is 7.98. The maximum atomic E-state index is 12.0. The number of carbonyl (C=O) groups is 1. The Morgan fingerprint density at radius 2 is 1.89 bits per heavy atom. The second kappa shape index (κ2) is 9.44. The normalized spacial score (nSPS) is 16.0. The molecule has 0 saturated heterocycles. The fraction of sp³-hybridized carbons (Fsp3) is 0.455. The Morgan fingerprint density at radius 1 is 1.14 bits per heavy atom. The van der Waals surface area contributed by atoms with E-state index in [-0.39, 0.29) is 5.91 Å². The molecule has 1 fully saturated rings. The molecule has 0 bridgehead atoms. The van der Waals surface area contributed by atoms with E-state index in [2.05, 4.69) is 27.9 Å². The molecule has 0 unspecified atom stereocenters. The maximum Gasteiger partial charge on any atom is 0.291 e. The predicted octanol–water partition coefficient (Wildman–Crippen LogP) is 4.17. The average molecular weight is 383 g/mol. The molecule has 3 N–H and O–H groups in total. The number of nitrogens with one attached hydrogen (secondary N) is 3. The highest BCUT2D eigenvalue weighted by atomic mass is 16.3. The van der Waals surface area contributed by atoms with Crippen molar-refractivity contribution in [1.82, 2.24) is 10.6 Å². The van der Waals surface area contributed by atoms with Crippen LogP contribution in [0, 0.1) is 5.41 Å². The van der Waals surface area contributed by atoms with Crippen molar-refractivity contribution >= 4 is 17.6 Å². The van der Waals surface area contributed by atoms with Crippen molar-refractivity contribution in [2.75, 3.05) is 18.9 Å². The number of nitrogens with zero attached hydrogens (tertiary/aromatic N) is 1. The summed E-state index contributed by atoms with van der Waals surface area (Å²) >= 11 is 0. The Hall–Kier alpha value is -2.76. The molecule has 2 aromatic rings. The lowest BCUT2D eigenvalue weighted by Gasteiger charge is -2.28. The van der Waals surface area contributed by atoms with Gasteiger partial charge in [-0.3, -0.25) is 9.79 Å². The Balaban J connectivity index is 1.47. The smallest absolute Gasteiger partial charge is 0.291 e. The fourth-order valence-electron chi connectivity index (χ4n) is 3.76. The molecular formula is C22H30N4O2. The highest BCUT2D eigenvalue weighted by molar-refractivity contribution is 6.02. The van der Waals surface area contributed by atoms with Crippen molar-refractivity contribution in [2.45, 2.75) is 45.6 Å². The van der Waals surface area contributed by atoms with Crippen molar-refractivity contribution in [2.24, 2.45) is 10.4 Å². The first-order valence-electron chi connectivity index (χ1n) is 10.0. The fourth-order valence-corrected chi connectivity index (χ4v) is 3.76. The molecule has 0 radical (unpaired) electrons. The van der Waals surface area contributed by atoms with Gasteiger partial charge in [-0.2, -0.15) is 0 Å². The Bertz CT molecular complexity index is 775. The molecule has 6 nitrogen and oxygen atoms in total. The zero-order chi connectivity index (χ0) is 19.8. The molecule has 1 aromatic carbocycles. The van der Waals surface area contributed by atoms with Gasteiger partial charge in [-0.05, 0) is 54.5 Å². The first-order valence-corrected chi connectivity index (χ1v) is 10.0. The summed E-state index contributed by atoms with van der Waals surface area (Å²) < 4.78 is 5.10. The van der Waals surface area contributed by atoms with Crippen molar-refractivity contribution in [1.29, 1.82) is 0 Å². The number of hydrogen-bond donors (Lipinski definition) is 3. The number of rotatable bonds is 7. The number of carbonyl (C=O) groups excluding carboxylic acids is 1. The minimum Gasteiger partial charge on any atom is -0.459 e. The number of benzene rings is 1. The van der Waals surface area contributed by atoms with E-state index >= 15 is 0 Å². The van der Waals surface area contributed by atoms with Crippen LogP contribution in [0.1, 0.15) is 55.1 Å². The van der Waals surface area contributed by atoms with Gasteiger partial charge in [-0.15, -0.1) is 0 Å². The zero-order valence-electron chi connectivity index (χ0n) is 16.8. The number of hydrogen-bond acceptors (Lipinski definition) is 3. The lowest BCUT2D eigenvalue weighted by molar-refractivity contribution is 0.0996. The third-order valence-corrected chi connectivity index (χ3v) is 5.69. The standard InChI is InChI=1S/C22H30N4O2/c1-3-22(12-4-5-13-22)16-25-21(23-2)24-15-17-8-10-18(11-9-17)26-20(27)19-7-6-14-28-19/h6-11,14H,3-5,12-13,15-16H2,1-2H3,(H,26,27)(H2,23,24,25). The number of anilines is 1. The summed E-state index contributed by atoms with van der Waals surface area (Å²) in [5, 5.41) is 9.69. The van der Waals surface area contributed by atoms with Gasteiger partial charge < -0.3 is 20.4 Å². The summed E-state index contributed by atoms with van der Waals surface area (Å²) in [6.45, 7) is 3.93. The molecule has 28 heavy (non-hydrogen) atoms. The van der Waals surface area contributed by atoms with Gasteiger partial charge in [0.1, 0.15) is 0 Å². The van der Waals surface area contributed by atoms with Crippen molar-refractivity contribution in [3.63, 3.8) is 0 Å². The summed E-state index contributed by atoms with van der Waals surface area (Å²) in [6, 6.07) is 11.1. The van der Waals surface area contributed by atoms with E-state index in [1.165, 1.54) is 38.4 Å². The number of amides is 1. The average Bonchev–Trinajstić information content (AvgIpc) is 3.42. The molecule has 6 heteroatoms. The Kier molecular flexibility index (Phi) is 6.74. The summed E-state index contributed by atoms with van der Waals surface area (Å²) in [7, 11) is 1.80. The SMILES string of the molecule is CCC1(CNC(=NC)NCc2ccc(NC(=O)c3ccco3)cc2)CCCC1. The minimum absolute atomic E-state index is 0.253. The van der Waals surface area contributed by atoms with Crippen LogP contribution in [0.3, 0.4) is 0 Å². The summed E-state index contributed by atoms with van der Waals surface area (Å²) in [5.74, 6) is 0.875. The second-order valence-electron chi connectivity index (χ2n) is 7.47. The number of guanidine groups is 1. The van der Waals surface area contributed by atoms with Crippen LogP contribution >= 0.6 is 0 Å². The summed E-state index contributed by atoms with van der Waals surface area (Å²) in [5.41, 5.74) is 2.27. The van der Waals surface area contributed by atoms with E-state index in [9.17, 15) is 4.79 Å². The Labute approximate surface area is 166 Å². The van der Waals surface area contributed by atoms with Gasteiger partial charge in [-0.1, -0.05) is 31.9 Å². The number of aliphatic imine (C=N–C) groups is 1. The molecule has 0 aliphatic heterocycles. The van der Waals surface area contributed by atoms with Gasteiger partial charge >= 0.3 is 0 Å². The van der Waals surface area contributed by atoms with E-state index in [1.807, 2.05) is 24.3 Å². The molecule has 0 atom stereocenters. The monoisotopic (exact) mass is 382 g/mol. The first-order chi connectivity index (χ1) is 13.6. The molecule has 1 saturated carbocycles. The summed E-state index contributed by atoms with van der Waals surface area (Å²) in [4.78, 5) is 16.3. The highest BCUT2D eigenvalue weighted by Crippen LogP contribution is 2.40. The predicted molar refractivity (Wildman–Crippen MR) is 112 cm³/mol. The Morgan fingerprint density at radius 3 is 2.50 bits per heavy atom. The van der Waals surface area contributed by atoms with E-state index in [0.29, 0.717) is 17.7 Å². The highest BCUT2D eigenvalue weighted by Gasteiger charge is 2.31. The van der Waals surface area contributed by atoms with Gasteiger partial charge in [0.05, 0.1) is 6.26 Å². The molecule has 1 aliphatic rings. The van der Waals surface area contributed by atoms with Gasteiger partial charge in [0.2, 0.25) is 0 Å². The van der Waals surface area contributed by atoms with Gasteiger partial charge in [0.25, 0.3) is 5.91 Å². The molecule has 1 heterocycles. The molecule has 1 amide bonds. The van der Waals surface area contributed by atoms with E-state index in [4.69, 9.17) is 4.42 Å². The third kappa shape index (κ3) is 5.15. The van der Waals surface area contributed by atoms with Crippen molar-refractivity contribution in [3.05, 3.63) is 54.0 Å². The van der Waals surface area contributed by atoms with Gasteiger partial charge in [-0.25, -0.2) is 0 Å². The van der Waals surface area contributed by atoms with Crippen LogP contribution in [0.5, 0.6) is 0 Å². The van der Waals surface area contributed by atoms with Crippen LogP contribution in [-0.4, -0.2) is 25.5 Å². The van der Waals surface area contributed by atoms with Crippen molar-refractivity contribution in [3.8, 4) is 0 Å². The van der Waals surface area contributed by atoms with Crippen LogP contribution in [-0.2, 0) is 6.54 Å². The topological polar surface area (TPSA) is 78.7 Å². The second-order valence-corrected chi connectivity index (χ2v) is 7.47. The van der Waals surface area contributed by atoms with E-state index in [1.54, 1.807) is 19.2 Å². The molecule has 1 aromatic heterocycles. The van der Waals surface area contributed by atoms with Crippen LogP contribution in [0.2, 0.25) is 0 Å². The van der Waals surface area contributed by atoms with Gasteiger partial charge in [0, 0.05) is 25.8 Å². The molecular weight excluding hydrogens is 352 g/mol. The maximum absolute atomic E-state index is 12.0. The molecule has 1 aliphatic carbocycles. The number of furan rings is 1. The minimum atomic E-state index is -0.253. The van der Waals surface area contributed by atoms with Crippen LogP contribution in [0.4, 0.5) is 5.69 Å². The lowest BCUT2D eigenvalue weighted by atomic mass is 9.83. The third-order valence-electron chi connectivity index (χ3n) is 5.69. The van der Waals surface area contributed by atoms with E-state index < -0.39 is 0 Å². The largest absolute Gasteiger partial charge is 0.459 e. The lowest BCUT2D eigenvalue weighted by Crippen LogP contribution is -2.42. The van der Waals surface area contributed by atoms with E-state index in [0.717, 1.165) is 23.8 Å². The van der Waals surface area contributed by atoms with Crippen LogP contribution in [0.15, 0.2) is 52.1 Å². The zero-order valence-corrected chi connectivity index (χ0v) is 16.8.